The molecule has 0 bridgehead atoms. The Bertz CT molecular complexity index is 575. The summed E-state index contributed by atoms with van der Waals surface area (Å²) in [6.45, 7) is 0. The average Bonchev–Trinajstić information content (AvgIpc) is 2.80. The zero-order valence-corrected chi connectivity index (χ0v) is 10.5. The maximum atomic E-state index is 11.5. The number of esters is 1. The molecule has 0 saturated carbocycles. The van der Waals surface area contributed by atoms with Gasteiger partial charge in [0.05, 0.1) is 19.9 Å². The molecule has 0 N–H and O–H groups in total. The van der Waals surface area contributed by atoms with Gasteiger partial charge in [-0.3, -0.25) is 0 Å². The Balaban J connectivity index is 2.42. The van der Waals surface area contributed by atoms with Gasteiger partial charge in [0, 0.05) is 18.8 Å². The van der Waals surface area contributed by atoms with Crippen LogP contribution in [0.15, 0.2) is 30.5 Å². The molecule has 0 amide bonds. The monoisotopic (exact) mass is 246 g/mol. The summed E-state index contributed by atoms with van der Waals surface area (Å²) in [6.07, 6.45) is 1.78. The van der Waals surface area contributed by atoms with Gasteiger partial charge in [0.15, 0.2) is 0 Å². The third kappa shape index (κ3) is 2.20. The molecule has 1 aromatic heterocycles. The molecule has 0 aliphatic heterocycles. The Morgan fingerprint density at radius 3 is 2.78 bits per heavy atom. The minimum atomic E-state index is -0.452. The van der Waals surface area contributed by atoms with Crippen molar-refractivity contribution >= 4 is 5.97 Å². The second-order valence-corrected chi connectivity index (χ2v) is 3.78. The van der Waals surface area contributed by atoms with Gasteiger partial charge in [0.1, 0.15) is 5.75 Å². The summed E-state index contributed by atoms with van der Waals surface area (Å²) in [7, 11) is 4.70. The number of hydrogen-bond acceptors (Lipinski definition) is 4. The van der Waals surface area contributed by atoms with Gasteiger partial charge >= 0.3 is 5.97 Å². The van der Waals surface area contributed by atoms with Gasteiger partial charge in [-0.05, 0) is 12.1 Å². The molecule has 0 unspecified atom stereocenters. The number of carbonyl (C=O) groups is 1. The quantitative estimate of drug-likeness (QED) is 0.776. The summed E-state index contributed by atoms with van der Waals surface area (Å²) < 4.78 is 11.5. The Labute approximate surface area is 105 Å². The highest BCUT2D eigenvalue weighted by Crippen LogP contribution is 2.23. The first-order valence-corrected chi connectivity index (χ1v) is 5.42. The number of imidazole rings is 1. The van der Waals surface area contributed by atoms with E-state index in [1.807, 2.05) is 24.3 Å². The van der Waals surface area contributed by atoms with Gasteiger partial charge in [-0.2, -0.15) is 0 Å². The minimum Gasteiger partial charge on any atom is -0.497 e. The number of benzene rings is 1. The second-order valence-electron chi connectivity index (χ2n) is 3.78. The summed E-state index contributed by atoms with van der Waals surface area (Å²) in [5.74, 6) is 0.569. The number of ether oxygens (including phenoxy) is 2. The molecular weight excluding hydrogens is 232 g/mol. The first kappa shape index (κ1) is 12.2. The second kappa shape index (κ2) is 4.91. The third-order valence-corrected chi connectivity index (χ3v) is 2.61. The molecule has 0 fully saturated rings. The van der Waals surface area contributed by atoms with Crippen LogP contribution < -0.4 is 4.74 Å². The van der Waals surface area contributed by atoms with Gasteiger partial charge < -0.3 is 14.0 Å². The zero-order valence-electron chi connectivity index (χ0n) is 10.5. The number of hydrogen-bond donors (Lipinski definition) is 0. The highest BCUT2D eigenvalue weighted by Gasteiger charge is 2.15. The molecule has 1 aromatic carbocycles. The first-order chi connectivity index (χ1) is 8.65. The van der Waals surface area contributed by atoms with Crippen molar-refractivity contribution in [3.05, 3.63) is 36.3 Å². The normalized spacial score (nSPS) is 10.2. The van der Waals surface area contributed by atoms with Crippen molar-refractivity contribution < 1.29 is 14.3 Å². The molecule has 2 rings (SSSR count). The zero-order chi connectivity index (χ0) is 13.1. The highest BCUT2D eigenvalue weighted by atomic mass is 16.5. The van der Waals surface area contributed by atoms with Crippen LogP contribution in [0.25, 0.3) is 11.3 Å². The predicted octanol–water partition coefficient (Wildman–Crippen LogP) is 1.88. The molecule has 0 aliphatic carbocycles. The summed E-state index contributed by atoms with van der Waals surface area (Å²) >= 11 is 0. The molecule has 0 aliphatic rings. The van der Waals surface area contributed by atoms with E-state index in [9.17, 15) is 4.79 Å². The maximum absolute atomic E-state index is 11.5. The van der Waals surface area contributed by atoms with E-state index in [-0.39, 0.29) is 5.82 Å². The van der Waals surface area contributed by atoms with Crippen LogP contribution in [-0.2, 0) is 11.8 Å². The van der Waals surface area contributed by atoms with Crippen LogP contribution in [0.3, 0.4) is 0 Å². The summed E-state index contributed by atoms with van der Waals surface area (Å²) in [4.78, 5) is 15.7. The molecule has 2 aromatic rings. The largest absolute Gasteiger partial charge is 0.497 e. The van der Waals surface area contributed by atoms with E-state index in [4.69, 9.17) is 4.74 Å². The van der Waals surface area contributed by atoms with Crippen LogP contribution in [-0.4, -0.2) is 29.7 Å². The van der Waals surface area contributed by atoms with Crippen molar-refractivity contribution in [1.82, 2.24) is 9.55 Å². The molecular formula is C13H14N2O3. The lowest BCUT2D eigenvalue weighted by atomic mass is 10.1. The van der Waals surface area contributed by atoms with Gasteiger partial charge in [-0.25, -0.2) is 9.78 Å². The highest BCUT2D eigenvalue weighted by molar-refractivity contribution is 5.86. The van der Waals surface area contributed by atoms with Crippen LogP contribution in [0.1, 0.15) is 10.6 Å². The van der Waals surface area contributed by atoms with Crippen molar-refractivity contribution in [2.24, 2.45) is 7.05 Å². The van der Waals surface area contributed by atoms with Gasteiger partial charge in [0.2, 0.25) is 5.82 Å². The lowest BCUT2D eigenvalue weighted by molar-refractivity contribution is 0.0583. The van der Waals surface area contributed by atoms with Crippen molar-refractivity contribution in [2.75, 3.05) is 14.2 Å². The minimum absolute atomic E-state index is 0.273. The number of nitrogens with zero attached hydrogens (tertiary/aromatic N) is 2. The predicted molar refractivity (Wildman–Crippen MR) is 66.5 cm³/mol. The van der Waals surface area contributed by atoms with Gasteiger partial charge in [0.25, 0.3) is 0 Å². The van der Waals surface area contributed by atoms with Crippen LogP contribution in [0, 0.1) is 0 Å². The fourth-order valence-corrected chi connectivity index (χ4v) is 1.67. The van der Waals surface area contributed by atoms with E-state index < -0.39 is 5.97 Å². The van der Waals surface area contributed by atoms with Crippen molar-refractivity contribution in [3.63, 3.8) is 0 Å². The Kier molecular flexibility index (Phi) is 3.32. The van der Waals surface area contributed by atoms with Gasteiger partial charge in [-0.15, -0.1) is 0 Å². The molecule has 0 spiro atoms. The van der Waals surface area contributed by atoms with Crippen molar-refractivity contribution in [1.29, 1.82) is 0 Å². The number of aromatic nitrogens is 2. The molecule has 1 heterocycles. The molecule has 0 saturated heterocycles. The van der Waals surface area contributed by atoms with Crippen LogP contribution in [0.5, 0.6) is 5.75 Å². The van der Waals surface area contributed by atoms with Crippen LogP contribution >= 0.6 is 0 Å². The third-order valence-electron chi connectivity index (χ3n) is 2.61. The van der Waals surface area contributed by atoms with E-state index in [1.165, 1.54) is 7.11 Å². The lowest BCUT2D eigenvalue weighted by Gasteiger charge is -2.01. The number of carbonyl (C=O) groups excluding carboxylic acids is 1. The SMILES string of the molecule is COC(=O)c1nc(-c2cccc(OC)c2)cn1C. The summed E-state index contributed by atoms with van der Waals surface area (Å²) in [6, 6.07) is 7.50. The molecule has 94 valence electrons. The van der Waals surface area contributed by atoms with E-state index in [0.29, 0.717) is 5.69 Å². The first-order valence-electron chi connectivity index (χ1n) is 5.42. The number of methoxy groups -OCH3 is 2. The fraction of sp³-hybridized carbons (Fsp3) is 0.231. The van der Waals surface area contributed by atoms with Crippen LogP contribution in [0.4, 0.5) is 0 Å². The van der Waals surface area contributed by atoms with E-state index in [2.05, 4.69) is 9.72 Å². The topological polar surface area (TPSA) is 53.4 Å². The Morgan fingerprint density at radius 1 is 1.33 bits per heavy atom. The molecule has 5 heteroatoms. The Morgan fingerprint density at radius 2 is 2.11 bits per heavy atom. The lowest BCUT2D eigenvalue weighted by Crippen LogP contribution is -2.08. The molecule has 0 atom stereocenters. The summed E-state index contributed by atoms with van der Waals surface area (Å²) in [5.41, 5.74) is 1.59. The average molecular weight is 246 g/mol. The maximum Gasteiger partial charge on any atom is 0.374 e. The molecule has 18 heavy (non-hydrogen) atoms. The van der Waals surface area contributed by atoms with E-state index in [1.54, 1.807) is 24.9 Å². The summed E-state index contributed by atoms with van der Waals surface area (Å²) in [5, 5.41) is 0. The smallest absolute Gasteiger partial charge is 0.374 e. The van der Waals surface area contributed by atoms with E-state index >= 15 is 0 Å². The van der Waals surface area contributed by atoms with E-state index in [0.717, 1.165) is 11.3 Å². The standard InChI is InChI=1S/C13H14N2O3/c1-15-8-11(14-12(15)13(16)18-3)9-5-4-6-10(7-9)17-2/h4-8H,1-3H3. The van der Waals surface area contributed by atoms with Gasteiger partial charge in [-0.1, -0.05) is 12.1 Å². The molecule has 5 nitrogen and oxygen atoms in total. The fourth-order valence-electron chi connectivity index (χ4n) is 1.67. The van der Waals surface area contributed by atoms with Crippen molar-refractivity contribution in [2.45, 2.75) is 0 Å². The molecule has 0 radical (unpaired) electrons. The number of aryl methyl sites for hydroxylation is 1. The Hall–Kier alpha value is -2.30. The number of rotatable bonds is 3. The van der Waals surface area contributed by atoms with Crippen LogP contribution in [0.2, 0.25) is 0 Å². The van der Waals surface area contributed by atoms with Crippen molar-refractivity contribution in [3.8, 4) is 17.0 Å².